The quantitative estimate of drug-likeness (QED) is 0.743. The van der Waals surface area contributed by atoms with Gasteiger partial charge in [-0.1, -0.05) is 13.3 Å². The summed E-state index contributed by atoms with van der Waals surface area (Å²) >= 11 is 0. The first kappa shape index (κ1) is 18.8. The number of fused-ring (bicyclic) bond motifs is 1. The molecule has 7 heteroatoms. The molecule has 2 rings (SSSR count). The van der Waals surface area contributed by atoms with Gasteiger partial charge >= 0.3 is 0 Å². The van der Waals surface area contributed by atoms with E-state index in [1.807, 2.05) is 6.92 Å². The first-order chi connectivity index (χ1) is 12.1. The minimum absolute atomic E-state index is 0.113. The zero-order valence-electron chi connectivity index (χ0n) is 14.7. The number of aromatic nitrogens is 1. The van der Waals surface area contributed by atoms with E-state index in [0.717, 1.165) is 12.8 Å². The fraction of sp³-hybridized carbons (Fsp3) is 0.444. The van der Waals surface area contributed by atoms with Crippen LogP contribution in [0.5, 0.6) is 11.5 Å². The van der Waals surface area contributed by atoms with Crippen LogP contribution >= 0.6 is 0 Å². The fourth-order valence-corrected chi connectivity index (χ4v) is 2.63. The van der Waals surface area contributed by atoms with Crippen LogP contribution in [-0.2, 0) is 6.54 Å². The van der Waals surface area contributed by atoms with Crippen molar-refractivity contribution in [3.63, 3.8) is 0 Å². The third kappa shape index (κ3) is 3.92. The predicted molar refractivity (Wildman–Crippen MR) is 94.5 cm³/mol. The number of hydrogen-bond acceptors (Lipinski definition) is 4. The molecule has 0 saturated carbocycles. The average molecular weight is 350 g/mol. The van der Waals surface area contributed by atoms with Crippen LogP contribution < -0.4 is 20.3 Å². The number of hydrogen-bond donors (Lipinski definition) is 1. The highest BCUT2D eigenvalue weighted by Crippen LogP contribution is 2.32. The van der Waals surface area contributed by atoms with Gasteiger partial charge in [-0.2, -0.15) is 0 Å². The monoisotopic (exact) mass is 350 g/mol. The summed E-state index contributed by atoms with van der Waals surface area (Å²) in [5, 5.41) is 3.56. The first-order valence-corrected chi connectivity index (χ1v) is 8.20. The highest BCUT2D eigenvalue weighted by Gasteiger charge is 2.18. The lowest BCUT2D eigenvalue weighted by molar-refractivity contribution is 0.0954. The van der Waals surface area contributed by atoms with Crippen molar-refractivity contribution >= 4 is 16.7 Å². The minimum Gasteiger partial charge on any atom is -0.493 e. The number of carbonyl (C=O) groups excluding carboxylic acids is 1. The van der Waals surface area contributed by atoms with Gasteiger partial charge in [0.2, 0.25) is 0 Å². The van der Waals surface area contributed by atoms with E-state index in [2.05, 4.69) is 5.32 Å². The number of ether oxygens (including phenoxy) is 2. The molecule has 0 aliphatic rings. The van der Waals surface area contributed by atoms with Gasteiger partial charge in [0.25, 0.3) is 11.5 Å². The van der Waals surface area contributed by atoms with E-state index in [1.165, 1.54) is 31.0 Å². The molecule has 1 aromatic heterocycles. The van der Waals surface area contributed by atoms with Crippen molar-refractivity contribution in [2.24, 2.45) is 0 Å². The molecule has 0 atom stereocenters. The van der Waals surface area contributed by atoms with Gasteiger partial charge in [-0.05, 0) is 18.6 Å². The van der Waals surface area contributed by atoms with Gasteiger partial charge in [0.05, 0.1) is 31.7 Å². The van der Waals surface area contributed by atoms with Gasteiger partial charge in [0.15, 0.2) is 11.5 Å². The summed E-state index contributed by atoms with van der Waals surface area (Å²) in [4.78, 5) is 25.2. The van der Waals surface area contributed by atoms with Crippen molar-refractivity contribution in [1.29, 1.82) is 0 Å². The van der Waals surface area contributed by atoms with Crippen LogP contribution in [0.15, 0.2) is 23.1 Å². The van der Waals surface area contributed by atoms with Gasteiger partial charge in [-0.15, -0.1) is 0 Å². The van der Waals surface area contributed by atoms with Crippen molar-refractivity contribution in [2.45, 2.75) is 26.3 Å². The molecule has 0 saturated heterocycles. The average Bonchev–Trinajstić information content (AvgIpc) is 2.63. The summed E-state index contributed by atoms with van der Waals surface area (Å²) in [6.07, 6.45) is 3.20. The molecule has 6 nitrogen and oxygen atoms in total. The number of alkyl halides is 1. The molecule has 0 aliphatic heterocycles. The molecule has 136 valence electrons. The van der Waals surface area contributed by atoms with Crippen LogP contribution in [-0.4, -0.2) is 37.9 Å². The molecule has 1 heterocycles. The standard InChI is InChI=1S/C18H23FN2O4/c1-4-5-7-20-17(22)14-11-21(8-6-19)18(23)13-10-16(25-3)15(24-2)9-12(13)14/h9-11H,4-8H2,1-3H3,(H,20,22). The van der Waals surface area contributed by atoms with Crippen molar-refractivity contribution < 1.29 is 18.7 Å². The lowest BCUT2D eigenvalue weighted by Crippen LogP contribution is -2.28. The van der Waals surface area contributed by atoms with Crippen molar-refractivity contribution in [1.82, 2.24) is 9.88 Å². The lowest BCUT2D eigenvalue weighted by Gasteiger charge is -2.14. The maximum atomic E-state index is 12.8. The predicted octanol–water partition coefficient (Wildman–Crippen LogP) is 2.52. The Morgan fingerprint density at radius 2 is 1.84 bits per heavy atom. The number of nitrogens with one attached hydrogen (secondary N) is 1. The van der Waals surface area contributed by atoms with E-state index in [1.54, 1.807) is 6.07 Å². The van der Waals surface area contributed by atoms with E-state index < -0.39 is 6.67 Å². The van der Waals surface area contributed by atoms with Gasteiger partial charge in [-0.25, -0.2) is 4.39 Å². The molecule has 0 radical (unpaired) electrons. The number of carbonyl (C=O) groups is 1. The summed E-state index contributed by atoms with van der Waals surface area (Å²) in [6, 6.07) is 3.12. The third-order valence-corrected chi connectivity index (χ3v) is 3.98. The van der Waals surface area contributed by atoms with E-state index >= 15 is 0 Å². The van der Waals surface area contributed by atoms with Gasteiger partial charge in [0, 0.05) is 18.1 Å². The highest BCUT2D eigenvalue weighted by molar-refractivity contribution is 6.07. The summed E-state index contributed by atoms with van der Waals surface area (Å²) < 4.78 is 24.5. The maximum Gasteiger partial charge on any atom is 0.258 e. The van der Waals surface area contributed by atoms with E-state index in [9.17, 15) is 14.0 Å². The van der Waals surface area contributed by atoms with Crippen molar-refractivity contribution in [3.8, 4) is 11.5 Å². The molecule has 2 aromatic rings. The van der Waals surface area contributed by atoms with Gasteiger partial charge < -0.3 is 19.4 Å². The Morgan fingerprint density at radius 1 is 1.20 bits per heavy atom. The van der Waals surface area contributed by atoms with Crippen LogP contribution in [0.2, 0.25) is 0 Å². The number of benzene rings is 1. The number of amides is 1. The second-order valence-corrected chi connectivity index (χ2v) is 5.59. The zero-order chi connectivity index (χ0) is 18.4. The number of unbranched alkanes of at least 4 members (excludes halogenated alkanes) is 1. The lowest BCUT2D eigenvalue weighted by atomic mass is 10.1. The number of nitrogens with zero attached hydrogens (tertiary/aromatic N) is 1. The van der Waals surface area contributed by atoms with E-state index in [0.29, 0.717) is 29.0 Å². The Morgan fingerprint density at radius 3 is 2.40 bits per heavy atom. The topological polar surface area (TPSA) is 69.6 Å². The molecule has 25 heavy (non-hydrogen) atoms. The second kappa shape index (κ2) is 8.50. The minimum atomic E-state index is -0.699. The Balaban J connectivity index is 2.66. The molecule has 0 bridgehead atoms. The van der Waals surface area contributed by atoms with E-state index in [4.69, 9.17) is 9.47 Å². The Kier molecular flexibility index (Phi) is 6.38. The normalized spacial score (nSPS) is 10.7. The highest BCUT2D eigenvalue weighted by atomic mass is 19.1. The van der Waals surface area contributed by atoms with Crippen LogP contribution in [0, 0.1) is 0 Å². The van der Waals surface area contributed by atoms with Crippen LogP contribution in [0.25, 0.3) is 10.8 Å². The van der Waals surface area contributed by atoms with Crippen LogP contribution in [0.1, 0.15) is 30.1 Å². The summed E-state index contributed by atoms with van der Waals surface area (Å²) in [5.41, 5.74) is -0.0705. The van der Waals surface area contributed by atoms with Crippen molar-refractivity contribution in [2.75, 3.05) is 27.4 Å². The molecular formula is C18H23FN2O4. The molecule has 1 N–H and O–H groups in total. The fourth-order valence-electron chi connectivity index (χ4n) is 2.63. The Hall–Kier alpha value is -2.57. The molecule has 1 amide bonds. The summed E-state index contributed by atoms with van der Waals surface area (Å²) in [6.45, 7) is 1.75. The third-order valence-electron chi connectivity index (χ3n) is 3.98. The Labute approximate surface area is 145 Å². The Bertz CT molecular complexity index is 817. The molecule has 0 spiro atoms. The largest absolute Gasteiger partial charge is 0.493 e. The molecule has 1 aromatic carbocycles. The van der Waals surface area contributed by atoms with E-state index in [-0.39, 0.29) is 23.4 Å². The number of aryl methyl sites for hydroxylation is 1. The number of rotatable bonds is 8. The zero-order valence-corrected chi connectivity index (χ0v) is 14.7. The maximum absolute atomic E-state index is 12.8. The first-order valence-electron chi connectivity index (χ1n) is 8.20. The van der Waals surface area contributed by atoms with Crippen LogP contribution in [0.4, 0.5) is 4.39 Å². The number of methoxy groups -OCH3 is 2. The smallest absolute Gasteiger partial charge is 0.258 e. The number of halogens is 1. The summed E-state index contributed by atoms with van der Waals surface area (Å²) in [7, 11) is 2.94. The number of pyridine rings is 1. The van der Waals surface area contributed by atoms with Crippen LogP contribution in [0.3, 0.4) is 0 Å². The molecule has 0 fully saturated rings. The molecule has 0 unspecified atom stereocenters. The second-order valence-electron chi connectivity index (χ2n) is 5.59. The summed E-state index contributed by atoms with van der Waals surface area (Å²) in [5.74, 6) is 0.487. The van der Waals surface area contributed by atoms with Gasteiger partial charge in [-0.3, -0.25) is 9.59 Å². The molecule has 0 aliphatic carbocycles. The molecular weight excluding hydrogens is 327 g/mol. The SMILES string of the molecule is CCCCNC(=O)c1cn(CCF)c(=O)c2cc(OC)c(OC)cc12. The van der Waals surface area contributed by atoms with Gasteiger partial charge in [0.1, 0.15) is 6.67 Å². The van der Waals surface area contributed by atoms with Crippen molar-refractivity contribution in [3.05, 3.63) is 34.2 Å².